The van der Waals surface area contributed by atoms with Gasteiger partial charge in [-0.1, -0.05) is 41.9 Å². The molecule has 3 aromatic rings. The molecule has 0 aromatic heterocycles. The second kappa shape index (κ2) is 11.3. The van der Waals surface area contributed by atoms with Crippen molar-refractivity contribution >= 4 is 46.3 Å². The number of thioether (sulfide) groups is 1. The van der Waals surface area contributed by atoms with Crippen LogP contribution in [0.2, 0.25) is 5.02 Å². The van der Waals surface area contributed by atoms with Gasteiger partial charge in [0.25, 0.3) is 16.8 Å². The Bertz CT molecular complexity index is 1340. The number of hydrogen-bond acceptors (Lipinski definition) is 7. The number of carbonyl (C=O) groups excluding carboxylic acids is 2. The fraction of sp³-hybridized carbons (Fsp3) is 0.154. The number of nitro benzene ring substituents is 1. The van der Waals surface area contributed by atoms with Crippen molar-refractivity contribution in [3.63, 3.8) is 0 Å². The molecule has 8 nitrogen and oxygen atoms in total. The third-order valence-corrected chi connectivity index (χ3v) is 6.42. The van der Waals surface area contributed by atoms with Crippen LogP contribution in [0.5, 0.6) is 11.5 Å². The number of nitrogens with zero attached hydrogens (tertiary/aromatic N) is 2. The molecule has 1 aliphatic rings. The molecular formula is C26H21ClN2O6S. The zero-order valence-corrected chi connectivity index (χ0v) is 20.8. The Morgan fingerprint density at radius 1 is 1.03 bits per heavy atom. The Labute approximate surface area is 216 Å². The third-order valence-electron chi connectivity index (χ3n) is 5.26. The first-order valence-electron chi connectivity index (χ1n) is 11.0. The monoisotopic (exact) mass is 524 g/mol. The van der Waals surface area contributed by atoms with Crippen molar-refractivity contribution in [2.24, 2.45) is 0 Å². The van der Waals surface area contributed by atoms with Crippen molar-refractivity contribution in [2.75, 3.05) is 6.61 Å². The zero-order valence-electron chi connectivity index (χ0n) is 19.2. The van der Waals surface area contributed by atoms with E-state index in [9.17, 15) is 19.7 Å². The number of nitro groups is 1. The lowest BCUT2D eigenvalue weighted by molar-refractivity contribution is -0.385. The van der Waals surface area contributed by atoms with Crippen LogP contribution < -0.4 is 9.47 Å². The number of ether oxygens (including phenoxy) is 2. The minimum atomic E-state index is -0.453. The summed E-state index contributed by atoms with van der Waals surface area (Å²) in [5.74, 6) is 0.447. The number of halogens is 1. The van der Waals surface area contributed by atoms with Gasteiger partial charge in [-0.15, -0.1) is 0 Å². The van der Waals surface area contributed by atoms with Gasteiger partial charge in [0.15, 0.2) is 11.5 Å². The molecule has 0 radical (unpaired) electrons. The maximum atomic E-state index is 12.9. The molecule has 36 heavy (non-hydrogen) atoms. The highest BCUT2D eigenvalue weighted by molar-refractivity contribution is 8.18. The molecule has 4 rings (SSSR count). The normalized spacial score (nSPS) is 14.4. The van der Waals surface area contributed by atoms with Gasteiger partial charge in [-0.3, -0.25) is 24.6 Å². The Morgan fingerprint density at radius 2 is 1.78 bits per heavy atom. The summed E-state index contributed by atoms with van der Waals surface area (Å²) >= 11 is 6.78. The van der Waals surface area contributed by atoms with E-state index in [1.54, 1.807) is 66.7 Å². The molecular weight excluding hydrogens is 504 g/mol. The first-order valence-corrected chi connectivity index (χ1v) is 12.2. The molecule has 1 fully saturated rings. The van der Waals surface area contributed by atoms with E-state index in [0.717, 1.165) is 17.3 Å². The molecule has 0 saturated carbocycles. The first-order chi connectivity index (χ1) is 17.4. The minimum absolute atomic E-state index is 0.0137. The van der Waals surface area contributed by atoms with Crippen LogP contribution in [0.15, 0.2) is 71.6 Å². The average molecular weight is 525 g/mol. The summed E-state index contributed by atoms with van der Waals surface area (Å²) in [5.41, 5.74) is 1.85. The second-order valence-corrected chi connectivity index (χ2v) is 9.14. The lowest BCUT2D eigenvalue weighted by Crippen LogP contribution is -2.27. The summed E-state index contributed by atoms with van der Waals surface area (Å²) in [6, 6.07) is 18.4. The lowest BCUT2D eigenvalue weighted by atomic mass is 10.1. The molecule has 10 heteroatoms. The predicted octanol–water partition coefficient (Wildman–Crippen LogP) is 6.46. The van der Waals surface area contributed by atoms with E-state index in [-0.39, 0.29) is 30.0 Å². The summed E-state index contributed by atoms with van der Waals surface area (Å²) in [5, 5.41) is 11.5. The van der Waals surface area contributed by atoms with E-state index < -0.39 is 4.92 Å². The lowest BCUT2D eigenvalue weighted by Gasteiger charge is -2.13. The van der Waals surface area contributed by atoms with E-state index in [1.807, 2.05) is 6.92 Å². The Balaban J connectivity index is 1.51. The molecule has 3 aromatic carbocycles. The summed E-state index contributed by atoms with van der Waals surface area (Å²) in [6.45, 7) is 2.32. The molecule has 1 aliphatic heterocycles. The van der Waals surface area contributed by atoms with E-state index in [1.165, 1.54) is 11.0 Å². The third kappa shape index (κ3) is 5.87. The van der Waals surface area contributed by atoms with Crippen molar-refractivity contribution in [3.05, 3.63) is 103 Å². The van der Waals surface area contributed by atoms with Crippen molar-refractivity contribution in [3.8, 4) is 11.5 Å². The van der Waals surface area contributed by atoms with Crippen LogP contribution in [-0.2, 0) is 17.9 Å². The number of carbonyl (C=O) groups is 2. The Kier molecular flexibility index (Phi) is 7.92. The van der Waals surface area contributed by atoms with Crippen LogP contribution in [0.3, 0.4) is 0 Å². The standard InChI is InChI=1S/C26H21ClN2O6S/c1-2-34-23-13-18(9-12-22(23)35-16-19-5-3-4-6-21(19)29(32)33)14-24-25(30)28(26(31)36-24)15-17-7-10-20(27)11-8-17/h3-14H,2,15-16H2,1H3/b24-14-. The summed E-state index contributed by atoms with van der Waals surface area (Å²) < 4.78 is 11.5. The highest BCUT2D eigenvalue weighted by Crippen LogP contribution is 2.36. The number of para-hydroxylation sites is 1. The first kappa shape index (κ1) is 25.3. The second-order valence-electron chi connectivity index (χ2n) is 7.71. The highest BCUT2D eigenvalue weighted by Gasteiger charge is 2.35. The molecule has 0 atom stereocenters. The van der Waals surface area contributed by atoms with Crippen molar-refractivity contribution < 1.29 is 24.0 Å². The van der Waals surface area contributed by atoms with Crippen LogP contribution >= 0.6 is 23.4 Å². The van der Waals surface area contributed by atoms with Gasteiger partial charge >= 0.3 is 0 Å². The molecule has 0 bridgehead atoms. The maximum absolute atomic E-state index is 12.9. The SMILES string of the molecule is CCOc1cc(/C=C2\SC(=O)N(Cc3ccc(Cl)cc3)C2=O)ccc1OCc1ccccc1[N+](=O)[O-]. The largest absolute Gasteiger partial charge is 0.490 e. The van der Waals surface area contributed by atoms with Crippen molar-refractivity contribution in [1.82, 2.24) is 4.90 Å². The topological polar surface area (TPSA) is 99.0 Å². The number of rotatable bonds is 9. The van der Waals surface area contributed by atoms with Crippen LogP contribution in [0, 0.1) is 10.1 Å². The smallest absolute Gasteiger partial charge is 0.293 e. The summed E-state index contributed by atoms with van der Waals surface area (Å²) in [7, 11) is 0. The Hall–Kier alpha value is -3.82. The van der Waals surface area contributed by atoms with Crippen LogP contribution in [0.25, 0.3) is 6.08 Å². The fourth-order valence-electron chi connectivity index (χ4n) is 3.53. The van der Waals surface area contributed by atoms with Crippen LogP contribution in [0.4, 0.5) is 10.5 Å². The van der Waals surface area contributed by atoms with Gasteiger partial charge < -0.3 is 9.47 Å². The van der Waals surface area contributed by atoms with E-state index in [0.29, 0.717) is 39.2 Å². The van der Waals surface area contributed by atoms with E-state index in [4.69, 9.17) is 21.1 Å². The van der Waals surface area contributed by atoms with Gasteiger partial charge in [0, 0.05) is 11.1 Å². The highest BCUT2D eigenvalue weighted by atomic mass is 35.5. The molecule has 184 valence electrons. The van der Waals surface area contributed by atoms with Crippen LogP contribution in [-0.4, -0.2) is 27.6 Å². The molecule has 0 N–H and O–H groups in total. The quantitative estimate of drug-likeness (QED) is 0.180. The average Bonchev–Trinajstić information content (AvgIpc) is 3.12. The molecule has 1 saturated heterocycles. The van der Waals surface area contributed by atoms with Crippen molar-refractivity contribution in [2.45, 2.75) is 20.1 Å². The fourth-order valence-corrected chi connectivity index (χ4v) is 4.49. The van der Waals surface area contributed by atoms with E-state index in [2.05, 4.69) is 0 Å². The van der Waals surface area contributed by atoms with Gasteiger partial charge in [0.1, 0.15) is 6.61 Å². The van der Waals surface area contributed by atoms with E-state index >= 15 is 0 Å². The predicted molar refractivity (Wildman–Crippen MR) is 138 cm³/mol. The number of imide groups is 1. The number of hydrogen-bond donors (Lipinski definition) is 0. The number of benzene rings is 3. The molecule has 0 spiro atoms. The molecule has 0 aliphatic carbocycles. The molecule has 1 heterocycles. The van der Waals surface area contributed by atoms with Gasteiger partial charge in [-0.2, -0.15) is 0 Å². The number of amides is 2. The maximum Gasteiger partial charge on any atom is 0.293 e. The summed E-state index contributed by atoms with van der Waals surface area (Å²) in [6.07, 6.45) is 1.63. The minimum Gasteiger partial charge on any atom is -0.490 e. The van der Waals surface area contributed by atoms with Gasteiger partial charge in [0.05, 0.1) is 28.5 Å². The zero-order chi connectivity index (χ0) is 25.7. The Morgan fingerprint density at radius 3 is 2.50 bits per heavy atom. The van der Waals surface area contributed by atoms with Crippen molar-refractivity contribution in [1.29, 1.82) is 0 Å². The van der Waals surface area contributed by atoms with Gasteiger partial charge in [-0.05, 0) is 66.2 Å². The summed E-state index contributed by atoms with van der Waals surface area (Å²) in [4.78, 5) is 37.7. The molecule has 0 unspecified atom stereocenters. The van der Waals surface area contributed by atoms with Gasteiger partial charge in [-0.25, -0.2) is 0 Å². The van der Waals surface area contributed by atoms with Crippen LogP contribution in [0.1, 0.15) is 23.6 Å². The molecule has 2 amide bonds. The van der Waals surface area contributed by atoms with Gasteiger partial charge in [0.2, 0.25) is 0 Å².